The largest absolute Gasteiger partial charge is 0.494 e. The van der Waals surface area contributed by atoms with Crippen LogP contribution < -0.4 is 19.9 Å². The maximum absolute atomic E-state index is 13.9. The Balaban J connectivity index is 1.63. The summed E-state index contributed by atoms with van der Waals surface area (Å²) in [4.78, 5) is 12.4. The predicted molar refractivity (Wildman–Crippen MR) is 129 cm³/mol. The Morgan fingerprint density at radius 1 is 1.09 bits per heavy atom. The topological polar surface area (TPSA) is 94.6 Å². The summed E-state index contributed by atoms with van der Waals surface area (Å²) in [7, 11) is 0. The number of unbranched alkanes of at least 4 members (excludes halogenated alkanes) is 2. The van der Waals surface area contributed by atoms with Crippen LogP contribution >= 0.6 is 0 Å². The normalized spacial score (nSPS) is 14.5. The molecule has 178 valence electrons. The molecule has 1 unspecified atom stereocenters. The van der Waals surface area contributed by atoms with E-state index in [1.165, 1.54) is 24.3 Å². The number of carbonyl (C=O) groups is 1. The first-order valence-electron chi connectivity index (χ1n) is 11.4. The number of fused-ring (bicyclic) bond motifs is 1. The van der Waals surface area contributed by atoms with Crippen molar-refractivity contribution in [2.24, 2.45) is 5.73 Å². The van der Waals surface area contributed by atoms with E-state index < -0.39 is 17.7 Å². The Bertz CT molecular complexity index is 1310. The van der Waals surface area contributed by atoms with Crippen LogP contribution in [0.2, 0.25) is 0 Å². The third-order valence-corrected chi connectivity index (χ3v) is 5.70. The number of halogens is 1. The molecule has 1 heterocycles. The average molecular weight is 473 g/mol. The van der Waals surface area contributed by atoms with Gasteiger partial charge in [0.05, 0.1) is 18.1 Å². The van der Waals surface area contributed by atoms with Gasteiger partial charge in [-0.2, -0.15) is 5.26 Å². The number of ether oxygens (including phenoxy) is 3. The van der Waals surface area contributed by atoms with Crippen molar-refractivity contribution in [1.29, 1.82) is 5.26 Å². The number of carbonyl (C=O) groups excluding carboxylic acids is 1. The van der Waals surface area contributed by atoms with E-state index in [9.17, 15) is 14.4 Å². The SMILES string of the molecule is CCCCCOc1cccc(C2C(C#N)=C(N)Oc3cc(OC(=O)c4ccccc4F)ccc32)c1. The Hall–Kier alpha value is -4.31. The molecule has 4 rings (SSSR count). The Labute approximate surface area is 203 Å². The molecule has 0 aromatic heterocycles. The van der Waals surface area contributed by atoms with Gasteiger partial charge in [-0.1, -0.05) is 50.1 Å². The smallest absolute Gasteiger partial charge is 0.346 e. The molecule has 1 aliphatic heterocycles. The van der Waals surface area contributed by atoms with Gasteiger partial charge in [-0.15, -0.1) is 0 Å². The maximum atomic E-state index is 13.9. The van der Waals surface area contributed by atoms with Crippen molar-refractivity contribution in [3.05, 3.63) is 101 Å². The minimum Gasteiger partial charge on any atom is -0.494 e. The van der Waals surface area contributed by atoms with Crippen LogP contribution in [-0.2, 0) is 0 Å². The molecule has 0 radical (unpaired) electrons. The molecule has 3 aromatic carbocycles. The summed E-state index contributed by atoms with van der Waals surface area (Å²) in [6.45, 7) is 2.75. The van der Waals surface area contributed by atoms with Gasteiger partial charge in [-0.25, -0.2) is 9.18 Å². The van der Waals surface area contributed by atoms with E-state index in [-0.39, 0.29) is 22.8 Å². The maximum Gasteiger partial charge on any atom is 0.346 e. The second-order valence-corrected chi connectivity index (χ2v) is 8.12. The lowest BCUT2D eigenvalue weighted by molar-refractivity contribution is 0.0729. The Kier molecular flexibility index (Phi) is 7.32. The standard InChI is InChI=1S/C28H25FN2O4/c1-2-3-6-14-33-19-9-7-8-18(15-19)26-22-13-12-20(16-25(22)35-27(31)23(26)17-30)34-28(32)21-10-4-5-11-24(21)29/h4-5,7-13,15-16,26H,2-3,6,14,31H2,1H3. The minimum absolute atomic E-state index is 0.0307. The molecule has 2 N–H and O–H groups in total. The highest BCUT2D eigenvalue weighted by Gasteiger charge is 2.31. The van der Waals surface area contributed by atoms with Gasteiger partial charge in [-0.3, -0.25) is 0 Å². The number of nitrogens with two attached hydrogens (primary N) is 1. The highest BCUT2D eigenvalue weighted by molar-refractivity contribution is 5.91. The van der Waals surface area contributed by atoms with E-state index >= 15 is 0 Å². The summed E-state index contributed by atoms with van der Waals surface area (Å²) in [6, 6.07) is 20.1. The van der Waals surface area contributed by atoms with E-state index in [1.54, 1.807) is 18.2 Å². The molecule has 0 saturated carbocycles. The highest BCUT2D eigenvalue weighted by Crippen LogP contribution is 2.44. The summed E-state index contributed by atoms with van der Waals surface area (Å²) in [5, 5.41) is 9.81. The fourth-order valence-corrected chi connectivity index (χ4v) is 3.96. The second-order valence-electron chi connectivity index (χ2n) is 8.12. The van der Waals surface area contributed by atoms with Gasteiger partial charge in [-0.05, 0) is 42.3 Å². The zero-order valence-corrected chi connectivity index (χ0v) is 19.3. The Morgan fingerprint density at radius 3 is 2.69 bits per heavy atom. The second kappa shape index (κ2) is 10.7. The number of benzene rings is 3. The molecule has 1 atom stereocenters. The first kappa shape index (κ1) is 23.8. The van der Waals surface area contributed by atoms with Crippen LogP contribution in [0.5, 0.6) is 17.2 Å². The van der Waals surface area contributed by atoms with Gasteiger partial charge in [0.2, 0.25) is 5.88 Å². The molecule has 6 nitrogen and oxygen atoms in total. The van der Waals surface area contributed by atoms with Crippen LogP contribution in [0.25, 0.3) is 0 Å². The van der Waals surface area contributed by atoms with Crippen molar-refractivity contribution < 1.29 is 23.4 Å². The van der Waals surface area contributed by atoms with Gasteiger partial charge in [0.25, 0.3) is 0 Å². The third kappa shape index (κ3) is 5.28. The van der Waals surface area contributed by atoms with E-state index in [0.717, 1.165) is 24.8 Å². The van der Waals surface area contributed by atoms with Crippen LogP contribution in [0.4, 0.5) is 4.39 Å². The zero-order valence-electron chi connectivity index (χ0n) is 19.3. The third-order valence-electron chi connectivity index (χ3n) is 5.70. The lowest BCUT2D eigenvalue weighted by Crippen LogP contribution is -2.21. The number of nitrogens with zero attached hydrogens (tertiary/aromatic N) is 1. The van der Waals surface area contributed by atoms with Gasteiger partial charge in [0.1, 0.15) is 34.7 Å². The summed E-state index contributed by atoms with van der Waals surface area (Å²) >= 11 is 0. The monoisotopic (exact) mass is 472 g/mol. The van der Waals surface area contributed by atoms with E-state index in [2.05, 4.69) is 13.0 Å². The summed E-state index contributed by atoms with van der Waals surface area (Å²) < 4.78 is 30.9. The van der Waals surface area contributed by atoms with Gasteiger partial charge < -0.3 is 19.9 Å². The van der Waals surface area contributed by atoms with Crippen LogP contribution in [-0.4, -0.2) is 12.6 Å². The average Bonchev–Trinajstić information content (AvgIpc) is 2.86. The molecule has 0 saturated heterocycles. The van der Waals surface area contributed by atoms with E-state index in [0.29, 0.717) is 23.7 Å². The van der Waals surface area contributed by atoms with Crippen LogP contribution in [0.1, 0.15) is 53.6 Å². The quantitative estimate of drug-likeness (QED) is 0.252. The van der Waals surface area contributed by atoms with Crippen molar-refractivity contribution in [3.63, 3.8) is 0 Å². The lowest BCUT2D eigenvalue weighted by atomic mass is 9.83. The highest BCUT2D eigenvalue weighted by atomic mass is 19.1. The number of hydrogen-bond donors (Lipinski definition) is 1. The van der Waals surface area contributed by atoms with Crippen molar-refractivity contribution in [2.75, 3.05) is 6.61 Å². The molecule has 0 amide bonds. The van der Waals surface area contributed by atoms with Gasteiger partial charge in [0.15, 0.2) is 0 Å². The molecule has 35 heavy (non-hydrogen) atoms. The molecule has 7 heteroatoms. The molecular weight excluding hydrogens is 447 g/mol. The molecule has 0 bridgehead atoms. The molecule has 0 aliphatic carbocycles. The van der Waals surface area contributed by atoms with Crippen LogP contribution in [0, 0.1) is 17.1 Å². The first-order valence-corrected chi connectivity index (χ1v) is 11.4. The Morgan fingerprint density at radius 2 is 1.91 bits per heavy atom. The number of hydrogen-bond acceptors (Lipinski definition) is 6. The predicted octanol–water partition coefficient (Wildman–Crippen LogP) is 5.83. The van der Waals surface area contributed by atoms with Gasteiger partial charge in [0, 0.05) is 11.6 Å². The first-order chi connectivity index (χ1) is 17.0. The fraction of sp³-hybridized carbons (Fsp3) is 0.214. The minimum atomic E-state index is -0.829. The van der Waals surface area contributed by atoms with E-state index in [1.807, 2.05) is 24.3 Å². The molecule has 0 spiro atoms. The molecule has 0 fully saturated rings. The molecular formula is C28H25FN2O4. The summed E-state index contributed by atoms with van der Waals surface area (Å²) in [5.74, 6) is -0.801. The van der Waals surface area contributed by atoms with Crippen LogP contribution in [0.15, 0.2) is 78.2 Å². The van der Waals surface area contributed by atoms with Gasteiger partial charge >= 0.3 is 5.97 Å². The van der Waals surface area contributed by atoms with Crippen LogP contribution in [0.3, 0.4) is 0 Å². The van der Waals surface area contributed by atoms with Crippen molar-refractivity contribution in [3.8, 4) is 23.3 Å². The summed E-state index contributed by atoms with van der Waals surface area (Å²) in [5.41, 5.74) is 7.69. The van der Waals surface area contributed by atoms with Crippen molar-refractivity contribution >= 4 is 5.97 Å². The van der Waals surface area contributed by atoms with E-state index in [4.69, 9.17) is 19.9 Å². The lowest BCUT2D eigenvalue weighted by Gasteiger charge is -2.27. The number of esters is 1. The molecule has 1 aliphatic rings. The molecule has 3 aromatic rings. The number of rotatable bonds is 8. The number of allylic oxidation sites excluding steroid dienone is 1. The summed E-state index contributed by atoms with van der Waals surface area (Å²) in [6.07, 6.45) is 3.16. The zero-order chi connectivity index (χ0) is 24.8. The van der Waals surface area contributed by atoms with Crippen molar-refractivity contribution in [2.45, 2.75) is 32.1 Å². The number of nitriles is 1. The van der Waals surface area contributed by atoms with Crippen molar-refractivity contribution in [1.82, 2.24) is 0 Å². The fourth-order valence-electron chi connectivity index (χ4n) is 3.96.